The van der Waals surface area contributed by atoms with Gasteiger partial charge in [-0.15, -0.1) is 0 Å². The SMILES string of the molecule is COC(=O)c1nc(=O)[nH]c2c1CNC2. The summed E-state index contributed by atoms with van der Waals surface area (Å²) in [6, 6.07) is 0. The van der Waals surface area contributed by atoms with Crippen LogP contribution in [0.5, 0.6) is 0 Å². The fourth-order valence-electron chi connectivity index (χ4n) is 1.46. The molecule has 1 aromatic heterocycles. The third kappa shape index (κ3) is 1.29. The number of carbonyl (C=O) groups excluding carboxylic acids is 1. The Bertz CT molecular complexity index is 438. The van der Waals surface area contributed by atoms with E-state index < -0.39 is 11.7 Å². The highest BCUT2D eigenvalue weighted by atomic mass is 16.5. The summed E-state index contributed by atoms with van der Waals surface area (Å²) in [5, 5.41) is 3.02. The number of nitrogens with one attached hydrogen (secondary N) is 2. The molecule has 1 aliphatic heterocycles. The zero-order valence-electron chi connectivity index (χ0n) is 7.59. The van der Waals surface area contributed by atoms with E-state index in [4.69, 9.17) is 0 Å². The van der Waals surface area contributed by atoms with Gasteiger partial charge < -0.3 is 15.0 Å². The summed E-state index contributed by atoms with van der Waals surface area (Å²) in [4.78, 5) is 28.5. The number of rotatable bonds is 1. The van der Waals surface area contributed by atoms with Crippen LogP contribution in [-0.4, -0.2) is 23.0 Å². The molecule has 2 N–H and O–H groups in total. The first-order valence-electron chi connectivity index (χ1n) is 4.13. The molecule has 2 rings (SSSR count). The van der Waals surface area contributed by atoms with E-state index in [0.717, 1.165) is 5.56 Å². The number of aromatic nitrogens is 2. The van der Waals surface area contributed by atoms with Crippen LogP contribution in [-0.2, 0) is 17.8 Å². The predicted octanol–water partition coefficient (Wildman–Crippen LogP) is -0.840. The average molecular weight is 195 g/mol. The second kappa shape index (κ2) is 3.22. The van der Waals surface area contributed by atoms with Crippen LogP contribution in [0.25, 0.3) is 0 Å². The van der Waals surface area contributed by atoms with Gasteiger partial charge in [0.15, 0.2) is 5.69 Å². The maximum atomic E-state index is 11.3. The largest absolute Gasteiger partial charge is 0.464 e. The maximum Gasteiger partial charge on any atom is 0.357 e. The highest BCUT2D eigenvalue weighted by Crippen LogP contribution is 2.14. The summed E-state index contributed by atoms with van der Waals surface area (Å²) in [5.41, 5.74) is 1.02. The van der Waals surface area contributed by atoms with Gasteiger partial charge in [-0.05, 0) is 0 Å². The Morgan fingerprint density at radius 1 is 1.50 bits per heavy atom. The van der Waals surface area contributed by atoms with Crippen molar-refractivity contribution in [3.63, 3.8) is 0 Å². The van der Waals surface area contributed by atoms with E-state index in [0.29, 0.717) is 18.8 Å². The van der Waals surface area contributed by atoms with Crippen molar-refractivity contribution < 1.29 is 9.53 Å². The second-order valence-electron chi connectivity index (χ2n) is 2.94. The summed E-state index contributed by atoms with van der Waals surface area (Å²) in [6.07, 6.45) is 0. The fraction of sp³-hybridized carbons (Fsp3) is 0.375. The van der Waals surface area contributed by atoms with Crippen molar-refractivity contribution in [2.75, 3.05) is 7.11 Å². The first kappa shape index (κ1) is 8.89. The van der Waals surface area contributed by atoms with Gasteiger partial charge in [0.05, 0.1) is 7.11 Å². The number of ether oxygens (including phenoxy) is 1. The van der Waals surface area contributed by atoms with Gasteiger partial charge in [0, 0.05) is 24.3 Å². The molecule has 1 aromatic rings. The molecule has 0 saturated heterocycles. The Morgan fingerprint density at radius 3 is 3.00 bits per heavy atom. The summed E-state index contributed by atoms with van der Waals surface area (Å²) in [7, 11) is 1.26. The lowest BCUT2D eigenvalue weighted by atomic mass is 10.2. The van der Waals surface area contributed by atoms with Gasteiger partial charge in [0.1, 0.15) is 0 Å². The topological polar surface area (TPSA) is 84.1 Å². The van der Waals surface area contributed by atoms with Crippen LogP contribution in [0, 0.1) is 0 Å². The van der Waals surface area contributed by atoms with E-state index in [1.807, 2.05) is 0 Å². The summed E-state index contributed by atoms with van der Waals surface area (Å²) >= 11 is 0. The van der Waals surface area contributed by atoms with Crippen LogP contribution in [0.15, 0.2) is 4.79 Å². The highest BCUT2D eigenvalue weighted by molar-refractivity contribution is 5.89. The normalized spacial score (nSPS) is 13.8. The number of methoxy groups -OCH3 is 1. The average Bonchev–Trinajstić information content (AvgIpc) is 2.62. The Hall–Kier alpha value is -1.69. The van der Waals surface area contributed by atoms with Gasteiger partial charge in [-0.25, -0.2) is 9.59 Å². The lowest BCUT2D eigenvalue weighted by Gasteiger charge is -2.02. The molecule has 0 aliphatic carbocycles. The molecule has 0 unspecified atom stereocenters. The molecular weight excluding hydrogens is 186 g/mol. The smallest absolute Gasteiger partial charge is 0.357 e. The van der Waals surface area contributed by atoms with E-state index in [2.05, 4.69) is 20.0 Å². The monoisotopic (exact) mass is 195 g/mol. The number of hydrogen-bond acceptors (Lipinski definition) is 5. The lowest BCUT2D eigenvalue weighted by molar-refractivity contribution is 0.0592. The third-order valence-corrected chi connectivity index (χ3v) is 2.10. The van der Waals surface area contributed by atoms with Crippen LogP contribution in [0.2, 0.25) is 0 Å². The molecule has 6 nitrogen and oxygen atoms in total. The van der Waals surface area contributed by atoms with Crippen molar-refractivity contribution in [3.05, 3.63) is 27.4 Å². The Labute approximate surface area is 79.3 Å². The van der Waals surface area contributed by atoms with E-state index >= 15 is 0 Å². The van der Waals surface area contributed by atoms with Crippen LogP contribution < -0.4 is 11.0 Å². The van der Waals surface area contributed by atoms with Gasteiger partial charge in [0.2, 0.25) is 0 Å². The highest BCUT2D eigenvalue weighted by Gasteiger charge is 2.22. The lowest BCUT2D eigenvalue weighted by Crippen LogP contribution is -2.20. The molecule has 0 amide bonds. The zero-order valence-corrected chi connectivity index (χ0v) is 7.59. The number of hydrogen-bond donors (Lipinski definition) is 2. The van der Waals surface area contributed by atoms with Crippen molar-refractivity contribution in [2.24, 2.45) is 0 Å². The van der Waals surface area contributed by atoms with Gasteiger partial charge in [-0.2, -0.15) is 4.98 Å². The minimum Gasteiger partial charge on any atom is -0.464 e. The van der Waals surface area contributed by atoms with Crippen LogP contribution in [0.3, 0.4) is 0 Å². The molecule has 0 bridgehead atoms. The molecule has 2 heterocycles. The van der Waals surface area contributed by atoms with Gasteiger partial charge in [-0.1, -0.05) is 0 Å². The number of nitrogens with zero attached hydrogens (tertiary/aromatic N) is 1. The summed E-state index contributed by atoms with van der Waals surface area (Å²) in [5.74, 6) is -0.573. The van der Waals surface area contributed by atoms with Crippen LogP contribution in [0.4, 0.5) is 0 Å². The van der Waals surface area contributed by atoms with Crippen molar-refractivity contribution in [2.45, 2.75) is 13.1 Å². The Balaban J connectivity index is 2.59. The van der Waals surface area contributed by atoms with Gasteiger partial charge in [-0.3, -0.25) is 0 Å². The molecule has 74 valence electrons. The van der Waals surface area contributed by atoms with Crippen molar-refractivity contribution in [1.29, 1.82) is 0 Å². The maximum absolute atomic E-state index is 11.3. The second-order valence-corrected chi connectivity index (χ2v) is 2.94. The van der Waals surface area contributed by atoms with E-state index in [1.165, 1.54) is 7.11 Å². The Morgan fingerprint density at radius 2 is 2.29 bits per heavy atom. The minimum absolute atomic E-state index is 0.108. The molecule has 0 atom stereocenters. The molecule has 6 heteroatoms. The number of carbonyl (C=O) groups is 1. The number of aromatic amines is 1. The molecule has 0 aromatic carbocycles. The van der Waals surface area contributed by atoms with E-state index in [9.17, 15) is 9.59 Å². The Kier molecular flexibility index (Phi) is 2.05. The molecule has 1 aliphatic rings. The van der Waals surface area contributed by atoms with Crippen molar-refractivity contribution in [1.82, 2.24) is 15.3 Å². The molecule has 14 heavy (non-hydrogen) atoms. The van der Waals surface area contributed by atoms with Gasteiger partial charge >= 0.3 is 11.7 Å². The van der Waals surface area contributed by atoms with Crippen LogP contribution in [0.1, 0.15) is 21.7 Å². The van der Waals surface area contributed by atoms with E-state index in [1.54, 1.807) is 0 Å². The van der Waals surface area contributed by atoms with Crippen molar-refractivity contribution >= 4 is 5.97 Å². The first-order valence-corrected chi connectivity index (χ1v) is 4.13. The molecular formula is C8H9N3O3. The molecule has 0 spiro atoms. The summed E-state index contributed by atoms with van der Waals surface area (Å²) < 4.78 is 4.53. The number of esters is 1. The number of H-pyrrole nitrogens is 1. The standard InChI is InChI=1S/C8H9N3O3/c1-14-7(12)6-4-2-9-3-5(4)10-8(13)11-6/h9H,2-3H2,1H3,(H,10,11,13). The van der Waals surface area contributed by atoms with Crippen molar-refractivity contribution in [3.8, 4) is 0 Å². The quantitative estimate of drug-likeness (QED) is 0.571. The number of fused-ring (bicyclic) bond motifs is 1. The van der Waals surface area contributed by atoms with Gasteiger partial charge in [0.25, 0.3) is 0 Å². The van der Waals surface area contributed by atoms with Crippen LogP contribution >= 0.6 is 0 Å². The molecule has 0 saturated carbocycles. The molecule has 0 fully saturated rings. The zero-order chi connectivity index (χ0) is 10.1. The third-order valence-electron chi connectivity index (χ3n) is 2.10. The molecule has 0 radical (unpaired) electrons. The summed E-state index contributed by atoms with van der Waals surface area (Å²) in [6.45, 7) is 1.08. The first-order chi connectivity index (χ1) is 6.72. The fourth-order valence-corrected chi connectivity index (χ4v) is 1.46. The predicted molar refractivity (Wildman–Crippen MR) is 46.7 cm³/mol. The van der Waals surface area contributed by atoms with E-state index in [-0.39, 0.29) is 5.69 Å². The minimum atomic E-state index is -0.573.